The zero-order valence-corrected chi connectivity index (χ0v) is 17.3. The smallest absolute Gasteiger partial charge is 0.325 e. The van der Waals surface area contributed by atoms with E-state index in [1.807, 2.05) is 12.1 Å². The highest BCUT2D eigenvalue weighted by atomic mass is 35.5. The number of piperazine rings is 1. The molecule has 0 bridgehead atoms. The van der Waals surface area contributed by atoms with Gasteiger partial charge in [0, 0.05) is 49.0 Å². The van der Waals surface area contributed by atoms with Crippen molar-refractivity contribution < 1.29 is 14.9 Å². The summed E-state index contributed by atoms with van der Waals surface area (Å²) in [5.74, 6) is 0.0609. The molecule has 0 aliphatic carbocycles. The van der Waals surface area contributed by atoms with Gasteiger partial charge in [0.15, 0.2) is 0 Å². The Bertz CT molecular complexity index is 868. The van der Waals surface area contributed by atoms with Crippen LogP contribution in [0.2, 0.25) is 10.0 Å². The predicted octanol–water partition coefficient (Wildman–Crippen LogP) is 3.63. The van der Waals surface area contributed by atoms with Crippen molar-refractivity contribution in [3.63, 3.8) is 0 Å². The Morgan fingerprint density at radius 2 is 1.64 bits per heavy atom. The van der Waals surface area contributed by atoms with Crippen molar-refractivity contribution in [1.82, 2.24) is 14.9 Å². The molecule has 0 atom stereocenters. The first-order valence-corrected chi connectivity index (χ1v) is 9.46. The van der Waals surface area contributed by atoms with Crippen LogP contribution in [-0.4, -0.2) is 59.4 Å². The molecule has 0 radical (unpaired) electrons. The van der Waals surface area contributed by atoms with Crippen LogP contribution in [0, 0.1) is 13.8 Å². The van der Waals surface area contributed by atoms with E-state index in [1.165, 1.54) is 4.90 Å². The van der Waals surface area contributed by atoms with Gasteiger partial charge in [-0.3, -0.25) is 4.90 Å². The van der Waals surface area contributed by atoms with E-state index in [2.05, 4.69) is 19.8 Å². The van der Waals surface area contributed by atoms with Gasteiger partial charge in [-0.05, 0) is 32.0 Å². The van der Waals surface area contributed by atoms with Crippen molar-refractivity contribution in [3.8, 4) is 5.88 Å². The average Bonchev–Trinajstić information content (AvgIpc) is 2.68. The molecule has 1 saturated heterocycles. The topological polar surface area (TPSA) is 82.0 Å². The van der Waals surface area contributed by atoms with Crippen LogP contribution in [0.15, 0.2) is 18.2 Å². The summed E-state index contributed by atoms with van der Waals surface area (Å²) < 4.78 is 0. The normalized spacial score (nSPS) is 14.2. The summed E-state index contributed by atoms with van der Waals surface area (Å²) in [6.45, 7) is 5.83. The molecule has 10 heteroatoms. The number of aryl methyl sites for hydroxylation is 2. The van der Waals surface area contributed by atoms with Crippen LogP contribution in [0.3, 0.4) is 0 Å². The second kappa shape index (κ2) is 8.38. The lowest BCUT2D eigenvalue weighted by molar-refractivity contribution is -0.141. The van der Waals surface area contributed by atoms with Crippen LogP contribution in [0.1, 0.15) is 11.4 Å². The molecule has 2 heterocycles. The van der Waals surface area contributed by atoms with Crippen molar-refractivity contribution in [2.75, 3.05) is 43.0 Å². The van der Waals surface area contributed by atoms with Crippen LogP contribution in [-0.2, 0) is 0 Å². The van der Waals surface area contributed by atoms with Crippen LogP contribution in [0.25, 0.3) is 0 Å². The van der Waals surface area contributed by atoms with Crippen molar-refractivity contribution in [2.45, 2.75) is 13.8 Å². The summed E-state index contributed by atoms with van der Waals surface area (Å²) in [6, 6.07) is 5.14. The maximum atomic E-state index is 12.9. The summed E-state index contributed by atoms with van der Waals surface area (Å²) in [4.78, 5) is 30.8. The fourth-order valence-electron chi connectivity index (χ4n) is 3.03. The van der Waals surface area contributed by atoms with Gasteiger partial charge < -0.3 is 14.7 Å². The zero-order chi connectivity index (χ0) is 20.4. The standard InChI is InChI=1S/C18H21Cl2N5O3/c1-11-12(2)22-17(28-27)16(21-11)23(3)18(26)25-6-4-24(5-7-25)15-9-13(19)8-14(20)10-15/h8-10,27H,4-7H2,1-3H3. The van der Waals surface area contributed by atoms with E-state index in [4.69, 9.17) is 28.5 Å². The molecule has 2 aromatic rings. The van der Waals surface area contributed by atoms with E-state index >= 15 is 0 Å². The molecule has 2 amide bonds. The van der Waals surface area contributed by atoms with Crippen LogP contribution in [0.4, 0.5) is 16.3 Å². The van der Waals surface area contributed by atoms with E-state index in [0.717, 1.165) is 5.69 Å². The number of amides is 2. The summed E-state index contributed by atoms with van der Waals surface area (Å²) in [5, 5.41) is 10.2. The molecule has 1 N–H and O–H groups in total. The van der Waals surface area contributed by atoms with Gasteiger partial charge in [-0.2, -0.15) is 0 Å². The lowest BCUT2D eigenvalue weighted by atomic mass is 10.2. The molecule has 28 heavy (non-hydrogen) atoms. The monoisotopic (exact) mass is 425 g/mol. The molecule has 0 saturated carbocycles. The number of urea groups is 1. The minimum Gasteiger partial charge on any atom is -0.368 e. The highest BCUT2D eigenvalue weighted by molar-refractivity contribution is 6.35. The quantitative estimate of drug-likeness (QED) is 0.596. The van der Waals surface area contributed by atoms with Crippen LogP contribution >= 0.6 is 23.2 Å². The average molecular weight is 426 g/mol. The fraction of sp³-hybridized carbons (Fsp3) is 0.389. The van der Waals surface area contributed by atoms with Crippen molar-refractivity contribution >= 4 is 40.7 Å². The SMILES string of the molecule is Cc1nc(OO)c(N(C)C(=O)N2CCN(c3cc(Cl)cc(Cl)c3)CC2)nc1C. The van der Waals surface area contributed by atoms with Gasteiger partial charge in [0.2, 0.25) is 5.82 Å². The first kappa shape index (κ1) is 20.4. The third kappa shape index (κ3) is 4.24. The molecule has 8 nitrogen and oxygen atoms in total. The lowest BCUT2D eigenvalue weighted by Crippen LogP contribution is -2.52. The van der Waals surface area contributed by atoms with E-state index in [0.29, 0.717) is 47.6 Å². The molecule has 1 aliphatic heterocycles. The molecule has 1 fully saturated rings. The summed E-state index contributed by atoms with van der Waals surface area (Å²) in [5.41, 5.74) is 2.19. The Labute approximate surface area is 173 Å². The second-order valence-electron chi connectivity index (χ2n) is 6.56. The number of nitrogens with zero attached hydrogens (tertiary/aromatic N) is 5. The van der Waals surface area contributed by atoms with E-state index in [1.54, 1.807) is 31.9 Å². The number of rotatable bonds is 3. The van der Waals surface area contributed by atoms with E-state index < -0.39 is 0 Å². The molecule has 150 valence electrons. The Morgan fingerprint density at radius 3 is 2.21 bits per heavy atom. The Kier molecular flexibility index (Phi) is 6.12. The molecule has 0 spiro atoms. The van der Waals surface area contributed by atoms with Crippen molar-refractivity contribution in [2.24, 2.45) is 0 Å². The first-order valence-electron chi connectivity index (χ1n) is 8.70. The summed E-state index contributed by atoms with van der Waals surface area (Å²) >= 11 is 12.2. The highest BCUT2D eigenvalue weighted by Crippen LogP contribution is 2.28. The predicted molar refractivity (Wildman–Crippen MR) is 109 cm³/mol. The molecule has 1 aromatic carbocycles. The first-order chi connectivity index (χ1) is 13.3. The number of aromatic nitrogens is 2. The molecular weight excluding hydrogens is 405 g/mol. The Morgan fingerprint density at radius 1 is 1.07 bits per heavy atom. The third-order valence-corrected chi connectivity index (χ3v) is 5.15. The van der Waals surface area contributed by atoms with Gasteiger partial charge >= 0.3 is 6.03 Å². The number of anilines is 2. The van der Waals surface area contributed by atoms with E-state index in [9.17, 15) is 4.79 Å². The Hall–Kier alpha value is -2.29. The number of carbonyl (C=O) groups excluding carboxylic acids is 1. The minimum absolute atomic E-state index is 0.105. The largest absolute Gasteiger partial charge is 0.368 e. The lowest BCUT2D eigenvalue weighted by Gasteiger charge is -2.37. The van der Waals surface area contributed by atoms with Crippen molar-refractivity contribution in [1.29, 1.82) is 0 Å². The maximum Gasteiger partial charge on any atom is 0.325 e. The number of benzene rings is 1. The van der Waals surface area contributed by atoms with Gasteiger partial charge in [-0.15, -0.1) is 0 Å². The molecule has 3 rings (SSSR count). The number of carbonyl (C=O) groups is 1. The third-order valence-electron chi connectivity index (χ3n) is 4.71. The van der Waals surface area contributed by atoms with Gasteiger partial charge in [-0.25, -0.2) is 20.0 Å². The zero-order valence-electron chi connectivity index (χ0n) is 15.8. The van der Waals surface area contributed by atoms with Crippen LogP contribution in [0.5, 0.6) is 5.88 Å². The van der Waals surface area contributed by atoms with Crippen LogP contribution < -0.4 is 14.7 Å². The number of hydrogen-bond acceptors (Lipinski definition) is 6. The van der Waals surface area contributed by atoms with E-state index in [-0.39, 0.29) is 17.7 Å². The molecule has 0 unspecified atom stereocenters. The van der Waals surface area contributed by atoms with Gasteiger partial charge in [0.1, 0.15) is 0 Å². The van der Waals surface area contributed by atoms with Gasteiger partial charge in [0.05, 0.1) is 11.4 Å². The maximum absolute atomic E-state index is 12.9. The van der Waals surface area contributed by atoms with Gasteiger partial charge in [-0.1, -0.05) is 23.2 Å². The highest BCUT2D eigenvalue weighted by Gasteiger charge is 2.28. The minimum atomic E-state index is -0.250. The molecular formula is C18H21Cl2N5O3. The molecule has 1 aromatic heterocycles. The summed E-state index contributed by atoms with van der Waals surface area (Å²) in [7, 11) is 1.58. The fourth-order valence-corrected chi connectivity index (χ4v) is 3.55. The van der Waals surface area contributed by atoms with Crippen molar-refractivity contribution in [3.05, 3.63) is 39.6 Å². The second-order valence-corrected chi connectivity index (χ2v) is 7.43. The Balaban J connectivity index is 1.70. The summed E-state index contributed by atoms with van der Waals surface area (Å²) in [6.07, 6.45) is 0. The number of halogens is 2. The molecule has 1 aliphatic rings. The number of hydrogen-bond donors (Lipinski definition) is 1. The van der Waals surface area contributed by atoms with Gasteiger partial charge in [0.25, 0.3) is 5.88 Å².